The fraction of sp³-hybridized carbons (Fsp3) is 0.579. The number of benzene rings is 1. The molecular formula is C19H28N4O2. The van der Waals surface area contributed by atoms with Crippen molar-refractivity contribution in [3.63, 3.8) is 0 Å². The second-order valence-corrected chi connectivity index (χ2v) is 6.87. The van der Waals surface area contributed by atoms with Crippen LogP contribution in [0.4, 0.5) is 5.69 Å². The maximum atomic E-state index is 11.6. The van der Waals surface area contributed by atoms with Crippen LogP contribution in [0.1, 0.15) is 44.9 Å². The molecule has 1 amide bonds. The molecule has 136 valence electrons. The number of phenolic OH excluding ortho intramolecular Hbond substituents is 1. The molecule has 2 fully saturated rings. The molecule has 1 aromatic rings. The first-order valence-electron chi connectivity index (χ1n) is 9.35. The van der Waals surface area contributed by atoms with E-state index in [1.165, 1.54) is 25.7 Å². The minimum Gasteiger partial charge on any atom is -0.508 e. The van der Waals surface area contributed by atoms with Gasteiger partial charge in [0.1, 0.15) is 5.75 Å². The van der Waals surface area contributed by atoms with E-state index in [0.29, 0.717) is 19.0 Å². The van der Waals surface area contributed by atoms with Crippen molar-refractivity contribution in [3.05, 3.63) is 24.3 Å². The van der Waals surface area contributed by atoms with Gasteiger partial charge in [-0.2, -0.15) is 0 Å². The van der Waals surface area contributed by atoms with Crippen molar-refractivity contribution in [2.24, 2.45) is 4.99 Å². The normalized spacial score (nSPS) is 18.8. The highest BCUT2D eigenvalue weighted by molar-refractivity contribution is 5.93. The molecule has 0 unspecified atom stereocenters. The summed E-state index contributed by atoms with van der Waals surface area (Å²) in [5.41, 5.74) is 0.900. The minimum absolute atomic E-state index is 0.253. The molecule has 0 bridgehead atoms. The Morgan fingerprint density at radius 3 is 2.64 bits per heavy atom. The zero-order chi connectivity index (χ0) is 17.5. The van der Waals surface area contributed by atoms with E-state index >= 15 is 0 Å². The Bertz CT molecular complexity index is 594. The first-order chi connectivity index (χ1) is 12.2. The number of likely N-dealkylation sites (tertiary alicyclic amines) is 1. The van der Waals surface area contributed by atoms with Crippen LogP contribution in [0.5, 0.6) is 5.75 Å². The number of phenols is 1. The van der Waals surface area contributed by atoms with Crippen LogP contribution in [0.15, 0.2) is 29.3 Å². The third-order valence-electron chi connectivity index (χ3n) is 4.85. The lowest BCUT2D eigenvalue weighted by Gasteiger charge is -2.18. The van der Waals surface area contributed by atoms with Gasteiger partial charge >= 0.3 is 0 Å². The summed E-state index contributed by atoms with van der Waals surface area (Å²) in [5.74, 6) is 1.31. The van der Waals surface area contributed by atoms with Crippen molar-refractivity contribution in [2.45, 2.75) is 51.0 Å². The van der Waals surface area contributed by atoms with Gasteiger partial charge in [-0.15, -0.1) is 0 Å². The van der Waals surface area contributed by atoms with Crippen LogP contribution in [-0.4, -0.2) is 47.5 Å². The summed E-state index contributed by atoms with van der Waals surface area (Å²) in [6.45, 7) is 2.36. The number of hydrogen-bond donors (Lipinski definition) is 3. The predicted octanol–water partition coefficient (Wildman–Crippen LogP) is 2.70. The molecule has 1 aliphatic carbocycles. The van der Waals surface area contributed by atoms with E-state index in [9.17, 15) is 9.90 Å². The molecule has 6 nitrogen and oxygen atoms in total. The lowest BCUT2D eigenvalue weighted by atomic mass is 10.2. The van der Waals surface area contributed by atoms with Gasteiger partial charge in [-0.1, -0.05) is 12.8 Å². The van der Waals surface area contributed by atoms with Crippen LogP contribution in [0, 0.1) is 0 Å². The quantitative estimate of drug-likeness (QED) is 0.321. The Labute approximate surface area is 149 Å². The molecular weight excluding hydrogens is 316 g/mol. The van der Waals surface area contributed by atoms with Crippen LogP contribution < -0.4 is 10.6 Å². The van der Waals surface area contributed by atoms with E-state index in [0.717, 1.165) is 37.6 Å². The summed E-state index contributed by atoms with van der Waals surface area (Å²) in [7, 11) is 0. The molecule has 0 atom stereocenters. The second kappa shape index (κ2) is 8.74. The first kappa shape index (κ1) is 17.6. The Morgan fingerprint density at radius 2 is 1.96 bits per heavy atom. The summed E-state index contributed by atoms with van der Waals surface area (Å²) in [4.78, 5) is 18.3. The van der Waals surface area contributed by atoms with Gasteiger partial charge in [0.2, 0.25) is 5.91 Å². The summed E-state index contributed by atoms with van der Waals surface area (Å²) in [6, 6.07) is 7.47. The van der Waals surface area contributed by atoms with Gasteiger partial charge in [-0.25, -0.2) is 0 Å². The number of guanidine groups is 1. The molecule has 3 rings (SSSR count). The maximum Gasteiger partial charge on any atom is 0.222 e. The Balaban J connectivity index is 1.54. The molecule has 6 heteroatoms. The Kier molecular flexibility index (Phi) is 6.14. The highest BCUT2D eigenvalue weighted by Crippen LogP contribution is 2.18. The highest BCUT2D eigenvalue weighted by Gasteiger charge is 2.19. The van der Waals surface area contributed by atoms with Crippen molar-refractivity contribution in [3.8, 4) is 5.75 Å². The number of aliphatic imine (C=N–C) groups is 1. The van der Waals surface area contributed by atoms with E-state index in [4.69, 9.17) is 0 Å². The van der Waals surface area contributed by atoms with E-state index < -0.39 is 0 Å². The van der Waals surface area contributed by atoms with Crippen molar-refractivity contribution in [1.29, 1.82) is 0 Å². The van der Waals surface area contributed by atoms with Crippen LogP contribution in [0.3, 0.4) is 0 Å². The molecule has 25 heavy (non-hydrogen) atoms. The molecule has 1 aromatic carbocycles. The molecule has 3 N–H and O–H groups in total. The van der Waals surface area contributed by atoms with Crippen molar-refractivity contribution in [2.75, 3.05) is 25.0 Å². The van der Waals surface area contributed by atoms with Gasteiger partial charge in [0.15, 0.2) is 5.96 Å². The van der Waals surface area contributed by atoms with Gasteiger partial charge in [0.05, 0.1) is 0 Å². The van der Waals surface area contributed by atoms with E-state index in [1.54, 1.807) is 12.1 Å². The number of aromatic hydroxyl groups is 1. The van der Waals surface area contributed by atoms with Gasteiger partial charge in [-0.3, -0.25) is 9.79 Å². The van der Waals surface area contributed by atoms with Crippen LogP contribution >= 0.6 is 0 Å². The number of amides is 1. The van der Waals surface area contributed by atoms with E-state index in [1.807, 2.05) is 17.0 Å². The van der Waals surface area contributed by atoms with Gasteiger partial charge in [0, 0.05) is 37.8 Å². The molecule has 1 heterocycles. The lowest BCUT2D eigenvalue weighted by molar-refractivity contribution is -0.127. The molecule has 1 aliphatic heterocycles. The van der Waals surface area contributed by atoms with Crippen molar-refractivity contribution >= 4 is 17.6 Å². The fourth-order valence-electron chi connectivity index (χ4n) is 3.46. The van der Waals surface area contributed by atoms with Crippen LogP contribution in [-0.2, 0) is 4.79 Å². The third kappa shape index (κ3) is 5.37. The van der Waals surface area contributed by atoms with Gasteiger partial charge < -0.3 is 20.6 Å². The van der Waals surface area contributed by atoms with E-state index in [-0.39, 0.29) is 11.7 Å². The average Bonchev–Trinajstić information content (AvgIpc) is 3.25. The summed E-state index contributed by atoms with van der Waals surface area (Å²) >= 11 is 0. The van der Waals surface area contributed by atoms with Gasteiger partial charge in [-0.05, 0) is 49.9 Å². The Hall–Kier alpha value is -2.24. The Morgan fingerprint density at radius 1 is 1.20 bits per heavy atom. The zero-order valence-corrected chi connectivity index (χ0v) is 14.7. The monoisotopic (exact) mass is 344 g/mol. The number of anilines is 1. The third-order valence-corrected chi connectivity index (χ3v) is 4.85. The standard InChI is InChI=1S/C19H28N4O2/c24-17-10-8-16(9-11-17)22-19(21-15-5-1-2-6-15)20-12-4-14-23-13-3-7-18(23)25/h8-11,15,24H,1-7,12-14H2,(H2,20,21,22). The van der Waals surface area contributed by atoms with Gasteiger partial charge in [0.25, 0.3) is 0 Å². The maximum absolute atomic E-state index is 11.6. The SMILES string of the molecule is O=C1CCCN1CCCN=C(Nc1ccc(O)cc1)NC1CCCC1. The van der Waals surface area contributed by atoms with E-state index in [2.05, 4.69) is 15.6 Å². The molecule has 0 radical (unpaired) electrons. The largest absolute Gasteiger partial charge is 0.508 e. The fourth-order valence-corrected chi connectivity index (χ4v) is 3.46. The molecule has 0 spiro atoms. The predicted molar refractivity (Wildman–Crippen MR) is 99.9 cm³/mol. The molecule has 1 saturated carbocycles. The van der Waals surface area contributed by atoms with Crippen LogP contribution in [0.25, 0.3) is 0 Å². The van der Waals surface area contributed by atoms with Crippen molar-refractivity contribution < 1.29 is 9.90 Å². The minimum atomic E-state index is 0.253. The van der Waals surface area contributed by atoms with Crippen molar-refractivity contribution in [1.82, 2.24) is 10.2 Å². The molecule has 2 aliphatic rings. The second-order valence-electron chi connectivity index (χ2n) is 6.87. The highest BCUT2D eigenvalue weighted by atomic mass is 16.3. The number of nitrogens with one attached hydrogen (secondary N) is 2. The number of hydrogen-bond acceptors (Lipinski definition) is 3. The average molecular weight is 344 g/mol. The number of rotatable bonds is 6. The summed E-state index contributed by atoms with van der Waals surface area (Å²) in [6.07, 6.45) is 7.44. The van der Waals surface area contributed by atoms with Crippen LogP contribution in [0.2, 0.25) is 0 Å². The molecule has 0 aromatic heterocycles. The summed E-state index contributed by atoms with van der Waals surface area (Å²) in [5, 5.41) is 16.2. The smallest absolute Gasteiger partial charge is 0.222 e. The lowest BCUT2D eigenvalue weighted by Crippen LogP contribution is -2.38. The topological polar surface area (TPSA) is 77.0 Å². The number of carbonyl (C=O) groups is 1. The number of nitrogens with zero attached hydrogens (tertiary/aromatic N) is 2. The number of carbonyl (C=O) groups excluding carboxylic acids is 1. The first-order valence-corrected chi connectivity index (χ1v) is 9.35. The zero-order valence-electron chi connectivity index (χ0n) is 14.7. The summed E-state index contributed by atoms with van der Waals surface area (Å²) < 4.78 is 0. The molecule has 1 saturated heterocycles.